The average molecular weight is 412 g/mol. The molecule has 0 saturated carbocycles. The van der Waals surface area contributed by atoms with Crippen LogP contribution in [0.15, 0.2) is 30.3 Å². The lowest BCUT2D eigenvalue weighted by atomic mass is 9.98. The van der Waals surface area contributed by atoms with Crippen LogP contribution in [-0.4, -0.2) is 46.3 Å². The normalized spacial score (nSPS) is 16.7. The monoisotopic (exact) mass is 411 g/mol. The van der Waals surface area contributed by atoms with Crippen molar-refractivity contribution < 1.29 is 14.3 Å². The van der Waals surface area contributed by atoms with Gasteiger partial charge < -0.3 is 9.64 Å². The number of benzene rings is 1. The number of aromatic nitrogens is 2. The Morgan fingerprint density at radius 2 is 1.87 bits per heavy atom. The minimum absolute atomic E-state index is 0.0843. The summed E-state index contributed by atoms with van der Waals surface area (Å²) in [6.07, 6.45) is 4.15. The third-order valence-electron chi connectivity index (χ3n) is 5.93. The lowest BCUT2D eigenvalue weighted by molar-refractivity contribution is 0.0518. The van der Waals surface area contributed by atoms with E-state index in [2.05, 4.69) is 25.9 Å². The zero-order valence-electron chi connectivity index (χ0n) is 18.6. The van der Waals surface area contributed by atoms with Gasteiger partial charge in [-0.25, -0.2) is 9.48 Å². The van der Waals surface area contributed by atoms with E-state index in [9.17, 15) is 9.59 Å². The lowest BCUT2D eigenvalue weighted by Crippen LogP contribution is -2.39. The molecule has 1 fully saturated rings. The molecule has 1 aliphatic heterocycles. The molecule has 0 spiro atoms. The number of carbonyl (C=O) groups excluding carboxylic acids is 2. The SMILES string of the molecule is CCOC(=O)c1cc(C(CC)CC)n(-c2ccc(C(=O)N3CCC[C@@H](C)C3)cc2)n1. The van der Waals surface area contributed by atoms with Gasteiger partial charge in [0.1, 0.15) is 0 Å². The van der Waals surface area contributed by atoms with Crippen LogP contribution < -0.4 is 0 Å². The van der Waals surface area contributed by atoms with Gasteiger partial charge in [-0.3, -0.25) is 4.79 Å². The van der Waals surface area contributed by atoms with Crippen LogP contribution >= 0.6 is 0 Å². The number of esters is 1. The molecule has 0 radical (unpaired) electrons. The molecule has 0 bridgehead atoms. The highest BCUT2D eigenvalue weighted by Gasteiger charge is 2.23. The van der Waals surface area contributed by atoms with Crippen LogP contribution in [0.4, 0.5) is 0 Å². The summed E-state index contributed by atoms with van der Waals surface area (Å²) in [5.41, 5.74) is 2.85. The van der Waals surface area contributed by atoms with E-state index in [1.165, 1.54) is 6.42 Å². The topological polar surface area (TPSA) is 64.4 Å². The molecule has 1 amide bonds. The van der Waals surface area contributed by atoms with Gasteiger partial charge in [0, 0.05) is 30.3 Å². The van der Waals surface area contributed by atoms with Crippen molar-refractivity contribution in [1.82, 2.24) is 14.7 Å². The summed E-state index contributed by atoms with van der Waals surface area (Å²) in [5.74, 6) is 0.516. The van der Waals surface area contributed by atoms with E-state index in [1.54, 1.807) is 6.92 Å². The first-order chi connectivity index (χ1) is 14.5. The molecule has 3 rings (SSSR count). The molecular formula is C24H33N3O3. The molecule has 1 atom stereocenters. The summed E-state index contributed by atoms with van der Waals surface area (Å²) in [6.45, 7) is 10.2. The van der Waals surface area contributed by atoms with Crippen molar-refractivity contribution >= 4 is 11.9 Å². The van der Waals surface area contributed by atoms with Crippen molar-refractivity contribution in [2.45, 2.75) is 59.3 Å². The van der Waals surface area contributed by atoms with Crippen LogP contribution in [0.5, 0.6) is 0 Å². The van der Waals surface area contributed by atoms with Gasteiger partial charge in [-0.05, 0) is 68.9 Å². The molecule has 6 nitrogen and oxygen atoms in total. The van der Waals surface area contributed by atoms with Crippen molar-refractivity contribution in [1.29, 1.82) is 0 Å². The van der Waals surface area contributed by atoms with Crippen LogP contribution in [0.25, 0.3) is 5.69 Å². The van der Waals surface area contributed by atoms with Gasteiger partial charge in [-0.1, -0.05) is 20.8 Å². The van der Waals surface area contributed by atoms with E-state index in [-0.39, 0.29) is 11.8 Å². The van der Waals surface area contributed by atoms with Gasteiger partial charge in [0.25, 0.3) is 5.91 Å². The maximum atomic E-state index is 12.9. The predicted octanol–water partition coefficient (Wildman–Crippen LogP) is 4.82. The largest absolute Gasteiger partial charge is 0.461 e. The molecule has 1 aromatic carbocycles. The van der Waals surface area contributed by atoms with Gasteiger partial charge in [0.05, 0.1) is 12.3 Å². The molecule has 6 heteroatoms. The number of hydrogen-bond donors (Lipinski definition) is 0. The summed E-state index contributed by atoms with van der Waals surface area (Å²) in [5, 5.41) is 4.54. The molecular weight excluding hydrogens is 378 g/mol. The number of hydrogen-bond acceptors (Lipinski definition) is 4. The molecule has 0 unspecified atom stereocenters. The lowest BCUT2D eigenvalue weighted by Gasteiger charge is -2.31. The third kappa shape index (κ3) is 4.74. The first-order valence-electron chi connectivity index (χ1n) is 11.1. The molecule has 1 aliphatic rings. The Morgan fingerprint density at radius 1 is 1.17 bits per heavy atom. The minimum Gasteiger partial charge on any atom is -0.461 e. The molecule has 162 valence electrons. The summed E-state index contributed by atoms with van der Waals surface area (Å²) < 4.78 is 6.96. The van der Waals surface area contributed by atoms with E-state index in [0.717, 1.165) is 43.7 Å². The summed E-state index contributed by atoms with van der Waals surface area (Å²) in [7, 11) is 0. The van der Waals surface area contributed by atoms with Crippen molar-refractivity contribution in [3.8, 4) is 5.69 Å². The van der Waals surface area contributed by atoms with E-state index in [4.69, 9.17) is 4.74 Å². The molecule has 1 aromatic heterocycles. The van der Waals surface area contributed by atoms with Gasteiger partial charge in [0.2, 0.25) is 0 Å². The fourth-order valence-electron chi connectivity index (χ4n) is 4.21. The molecule has 1 saturated heterocycles. The molecule has 0 N–H and O–H groups in total. The second kappa shape index (κ2) is 9.92. The van der Waals surface area contributed by atoms with Crippen molar-refractivity contribution in [2.24, 2.45) is 5.92 Å². The van der Waals surface area contributed by atoms with Gasteiger partial charge in [-0.2, -0.15) is 5.10 Å². The van der Waals surface area contributed by atoms with Gasteiger partial charge >= 0.3 is 5.97 Å². The summed E-state index contributed by atoms with van der Waals surface area (Å²) in [4.78, 5) is 27.1. The number of rotatable bonds is 7. The first-order valence-corrected chi connectivity index (χ1v) is 11.1. The van der Waals surface area contributed by atoms with Crippen molar-refractivity contribution in [3.05, 3.63) is 47.3 Å². The zero-order chi connectivity index (χ0) is 21.7. The molecule has 0 aliphatic carbocycles. The van der Waals surface area contributed by atoms with Crippen molar-refractivity contribution in [3.63, 3.8) is 0 Å². The van der Waals surface area contributed by atoms with E-state index < -0.39 is 5.97 Å². The van der Waals surface area contributed by atoms with Crippen LogP contribution in [0.3, 0.4) is 0 Å². The van der Waals surface area contributed by atoms with E-state index >= 15 is 0 Å². The van der Waals surface area contributed by atoms with Crippen LogP contribution in [0.1, 0.15) is 85.8 Å². The number of nitrogens with zero attached hydrogens (tertiary/aromatic N) is 3. The smallest absolute Gasteiger partial charge is 0.358 e. The number of carbonyl (C=O) groups is 2. The van der Waals surface area contributed by atoms with Crippen LogP contribution in [0.2, 0.25) is 0 Å². The Morgan fingerprint density at radius 3 is 2.47 bits per heavy atom. The van der Waals surface area contributed by atoms with Gasteiger partial charge in [0.15, 0.2) is 5.69 Å². The Labute approximate surface area is 179 Å². The fraction of sp³-hybridized carbons (Fsp3) is 0.542. The molecule has 30 heavy (non-hydrogen) atoms. The molecule has 2 heterocycles. The Bertz CT molecular complexity index is 868. The second-order valence-electron chi connectivity index (χ2n) is 8.15. The Kier molecular flexibility index (Phi) is 7.29. The summed E-state index contributed by atoms with van der Waals surface area (Å²) in [6, 6.07) is 9.38. The fourth-order valence-corrected chi connectivity index (χ4v) is 4.21. The Hall–Kier alpha value is -2.63. The number of amides is 1. The molecule has 2 aromatic rings. The first kappa shape index (κ1) is 22.1. The standard InChI is InChI=1S/C24H33N3O3/c1-5-18(6-2)22-15-21(24(29)30-7-3)25-27(22)20-12-10-19(11-13-20)23(28)26-14-8-9-17(4)16-26/h10-13,15,17-18H,5-9,14,16H2,1-4H3/t17-/m1/s1. The zero-order valence-corrected chi connectivity index (χ0v) is 18.6. The third-order valence-corrected chi connectivity index (χ3v) is 5.93. The van der Waals surface area contributed by atoms with E-state index in [1.807, 2.05) is 39.9 Å². The predicted molar refractivity (Wildman–Crippen MR) is 117 cm³/mol. The highest BCUT2D eigenvalue weighted by molar-refractivity contribution is 5.94. The maximum Gasteiger partial charge on any atom is 0.358 e. The van der Waals surface area contributed by atoms with Gasteiger partial charge in [-0.15, -0.1) is 0 Å². The average Bonchev–Trinajstić information content (AvgIpc) is 3.20. The second-order valence-corrected chi connectivity index (χ2v) is 8.15. The Balaban J connectivity index is 1.89. The number of piperidine rings is 1. The van der Waals surface area contributed by atoms with E-state index in [0.29, 0.717) is 23.8 Å². The van der Waals surface area contributed by atoms with Crippen LogP contribution in [0, 0.1) is 5.92 Å². The number of likely N-dealkylation sites (tertiary alicyclic amines) is 1. The number of ether oxygens (including phenoxy) is 1. The quantitative estimate of drug-likeness (QED) is 0.613. The highest BCUT2D eigenvalue weighted by atomic mass is 16.5. The van der Waals surface area contributed by atoms with Crippen LogP contribution in [-0.2, 0) is 4.74 Å². The minimum atomic E-state index is -0.408. The summed E-state index contributed by atoms with van der Waals surface area (Å²) >= 11 is 0. The highest BCUT2D eigenvalue weighted by Crippen LogP contribution is 2.27. The van der Waals surface area contributed by atoms with Crippen molar-refractivity contribution in [2.75, 3.05) is 19.7 Å². The maximum absolute atomic E-state index is 12.9.